The Bertz CT molecular complexity index is 545. The minimum Gasteiger partial charge on any atom is -0.392 e. The van der Waals surface area contributed by atoms with Gasteiger partial charge in [-0.05, 0) is 50.0 Å². The molecule has 0 aromatic heterocycles. The van der Waals surface area contributed by atoms with Crippen molar-refractivity contribution in [3.63, 3.8) is 0 Å². The van der Waals surface area contributed by atoms with E-state index in [0.29, 0.717) is 18.0 Å². The number of nitrogens with one attached hydrogen (secondary N) is 1. The summed E-state index contributed by atoms with van der Waals surface area (Å²) in [6, 6.07) is 6.41. The van der Waals surface area contributed by atoms with Crippen LogP contribution < -0.4 is 4.72 Å². The fraction of sp³-hybridized carbons (Fsp3) is 0.571. The Hall–Kier alpha value is -0.950. The van der Waals surface area contributed by atoms with Gasteiger partial charge in [-0.25, -0.2) is 13.1 Å². The molecule has 1 heterocycles. The molecule has 1 unspecified atom stereocenters. The van der Waals surface area contributed by atoms with Gasteiger partial charge in [-0.1, -0.05) is 12.1 Å². The molecule has 0 bridgehead atoms. The standard InChI is InChI=1S/C14H22N2O3S/c1-16-7-3-5-13(10-16)9-15-20(18,19)14-6-2-4-12(8-14)11-17/h2,4,6,8,13,15,17H,3,5,7,9-11H2,1H3. The summed E-state index contributed by atoms with van der Waals surface area (Å²) in [5, 5.41) is 9.07. The Kier molecular flexibility index (Phi) is 5.15. The summed E-state index contributed by atoms with van der Waals surface area (Å²) in [6.45, 7) is 2.33. The van der Waals surface area contributed by atoms with Crippen LogP contribution in [0.25, 0.3) is 0 Å². The van der Waals surface area contributed by atoms with Crippen LogP contribution in [-0.4, -0.2) is 45.1 Å². The molecule has 6 heteroatoms. The van der Waals surface area contributed by atoms with Gasteiger partial charge < -0.3 is 10.0 Å². The Morgan fingerprint density at radius 1 is 1.45 bits per heavy atom. The molecule has 2 rings (SSSR count). The Morgan fingerprint density at radius 2 is 2.25 bits per heavy atom. The molecule has 0 aliphatic carbocycles. The topological polar surface area (TPSA) is 69.6 Å². The number of likely N-dealkylation sites (tertiary alicyclic amines) is 1. The van der Waals surface area contributed by atoms with Crippen LogP contribution in [-0.2, 0) is 16.6 Å². The highest BCUT2D eigenvalue weighted by molar-refractivity contribution is 7.89. The van der Waals surface area contributed by atoms with Gasteiger partial charge >= 0.3 is 0 Å². The average Bonchev–Trinajstić information content (AvgIpc) is 2.45. The highest BCUT2D eigenvalue weighted by Gasteiger charge is 2.20. The molecule has 0 radical (unpaired) electrons. The summed E-state index contributed by atoms with van der Waals surface area (Å²) in [5.74, 6) is 0.365. The van der Waals surface area contributed by atoms with Crippen LogP contribution in [0.2, 0.25) is 0 Å². The molecule has 1 saturated heterocycles. The number of benzene rings is 1. The first-order valence-electron chi connectivity index (χ1n) is 6.89. The molecule has 1 aromatic carbocycles. The first-order valence-corrected chi connectivity index (χ1v) is 8.37. The van der Waals surface area contributed by atoms with E-state index in [1.807, 2.05) is 0 Å². The van der Waals surface area contributed by atoms with Gasteiger partial charge in [-0.3, -0.25) is 0 Å². The number of aliphatic hydroxyl groups excluding tert-OH is 1. The molecule has 0 saturated carbocycles. The molecule has 112 valence electrons. The lowest BCUT2D eigenvalue weighted by Crippen LogP contribution is -2.39. The molecule has 2 N–H and O–H groups in total. The normalized spacial score (nSPS) is 21.0. The molecule has 0 spiro atoms. The van der Waals surface area contributed by atoms with E-state index in [0.717, 1.165) is 25.9 Å². The first kappa shape index (κ1) is 15.4. The maximum absolute atomic E-state index is 12.2. The van der Waals surface area contributed by atoms with Crippen LogP contribution in [0.4, 0.5) is 0 Å². The molecular formula is C14H22N2O3S. The Labute approximate surface area is 120 Å². The molecule has 1 atom stereocenters. The van der Waals surface area contributed by atoms with Crippen molar-refractivity contribution in [2.24, 2.45) is 5.92 Å². The van der Waals surface area contributed by atoms with Crippen LogP contribution in [0.1, 0.15) is 18.4 Å². The van der Waals surface area contributed by atoms with Gasteiger partial charge in [-0.2, -0.15) is 0 Å². The van der Waals surface area contributed by atoms with Gasteiger partial charge in [0.25, 0.3) is 0 Å². The molecular weight excluding hydrogens is 276 g/mol. The van der Waals surface area contributed by atoms with Crippen molar-refractivity contribution in [2.45, 2.75) is 24.3 Å². The summed E-state index contributed by atoms with van der Waals surface area (Å²) in [4.78, 5) is 2.45. The lowest BCUT2D eigenvalue weighted by Gasteiger charge is -2.29. The van der Waals surface area contributed by atoms with E-state index in [-0.39, 0.29) is 11.5 Å². The number of piperidine rings is 1. The van der Waals surface area contributed by atoms with E-state index >= 15 is 0 Å². The predicted octanol–water partition coefficient (Wildman–Crippen LogP) is 0.799. The van der Waals surface area contributed by atoms with E-state index in [9.17, 15) is 8.42 Å². The van der Waals surface area contributed by atoms with Gasteiger partial charge in [-0.15, -0.1) is 0 Å². The second-order valence-corrected chi connectivity index (χ2v) is 7.19. The van der Waals surface area contributed by atoms with Crippen molar-refractivity contribution in [1.29, 1.82) is 0 Å². The number of sulfonamides is 1. The van der Waals surface area contributed by atoms with E-state index in [4.69, 9.17) is 5.11 Å². The molecule has 1 aliphatic heterocycles. The van der Waals surface area contributed by atoms with Crippen molar-refractivity contribution in [3.05, 3.63) is 29.8 Å². The number of aliphatic hydroxyl groups is 1. The Morgan fingerprint density at radius 3 is 2.95 bits per heavy atom. The monoisotopic (exact) mass is 298 g/mol. The van der Waals surface area contributed by atoms with Crippen LogP contribution >= 0.6 is 0 Å². The lowest BCUT2D eigenvalue weighted by molar-refractivity contribution is 0.211. The van der Waals surface area contributed by atoms with Crippen LogP contribution in [0.5, 0.6) is 0 Å². The third kappa shape index (κ3) is 4.02. The van der Waals surface area contributed by atoms with E-state index in [2.05, 4.69) is 16.7 Å². The highest BCUT2D eigenvalue weighted by Crippen LogP contribution is 2.16. The van der Waals surface area contributed by atoms with E-state index in [1.165, 1.54) is 6.07 Å². The van der Waals surface area contributed by atoms with Gasteiger partial charge in [0, 0.05) is 13.1 Å². The van der Waals surface area contributed by atoms with Crippen molar-refractivity contribution >= 4 is 10.0 Å². The first-order chi connectivity index (χ1) is 9.51. The largest absolute Gasteiger partial charge is 0.392 e. The zero-order valence-electron chi connectivity index (χ0n) is 11.7. The summed E-state index contributed by atoms with van der Waals surface area (Å²) < 4.78 is 27.1. The predicted molar refractivity (Wildman–Crippen MR) is 77.8 cm³/mol. The Balaban J connectivity index is 1.99. The van der Waals surface area contributed by atoms with Crippen molar-refractivity contribution in [1.82, 2.24) is 9.62 Å². The lowest BCUT2D eigenvalue weighted by atomic mass is 9.99. The fourth-order valence-electron chi connectivity index (χ4n) is 2.56. The molecule has 0 amide bonds. The zero-order valence-corrected chi connectivity index (χ0v) is 12.6. The minimum absolute atomic E-state index is 0.156. The quantitative estimate of drug-likeness (QED) is 0.843. The maximum atomic E-state index is 12.2. The maximum Gasteiger partial charge on any atom is 0.240 e. The van der Waals surface area contributed by atoms with Gasteiger partial charge in [0.1, 0.15) is 0 Å². The van der Waals surface area contributed by atoms with Gasteiger partial charge in [0.05, 0.1) is 11.5 Å². The van der Waals surface area contributed by atoms with E-state index in [1.54, 1.807) is 18.2 Å². The SMILES string of the molecule is CN1CCCC(CNS(=O)(=O)c2cccc(CO)c2)C1. The minimum atomic E-state index is -3.49. The fourth-order valence-corrected chi connectivity index (χ4v) is 3.75. The molecule has 20 heavy (non-hydrogen) atoms. The summed E-state index contributed by atoms with van der Waals surface area (Å²) in [7, 11) is -1.43. The second-order valence-electron chi connectivity index (χ2n) is 5.43. The number of hydrogen-bond donors (Lipinski definition) is 2. The smallest absolute Gasteiger partial charge is 0.240 e. The molecule has 5 nitrogen and oxygen atoms in total. The third-order valence-electron chi connectivity index (χ3n) is 3.68. The van der Waals surface area contributed by atoms with Crippen LogP contribution in [0.15, 0.2) is 29.2 Å². The summed E-state index contributed by atoms with van der Waals surface area (Å²) in [6.07, 6.45) is 2.17. The van der Waals surface area contributed by atoms with Crippen molar-refractivity contribution in [2.75, 3.05) is 26.7 Å². The number of nitrogens with zero attached hydrogens (tertiary/aromatic N) is 1. The average molecular weight is 298 g/mol. The summed E-state index contributed by atoms with van der Waals surface area (Å²) in [5.41, 5.74) is 0.602. The second kappa shape index (κ2) is 6.67. The van der Waals surface area contributed by atoms with Gasteiger partial charge in [0.15, 0.2) is 0 Å². The van der Waals surface area contributed by atoms with Crippen molar-refractivity contribution < 1.29 is 13.5 Å². The number of rotatable bonds is 5. The number of hydrogen-bond acceptors (Lipinski definition) is 4. The molecule has 1 aliphatic rings. The highest BCUT2D eigenvalue weighted by atomic mass is 32.2. The molecule has 1 aromatic rings. The van der Waals surface area contributed by atoms with Crippen LogP contribution in [0, 0.1) is 5.92 Å². The third-order valence-corrected chi connectivity index (χ3v) is 5.10. The molecule has 1 fully saturated rings. The van der Waals surface area contributed by atoms with Crippen molar-refractivity contribution in [3.8, 4) is 0 Å². The zero-order chi connectivity index (χ0) is 14.6. The van der Waals surface area contributed by atoms with E-state index < -0.39 is 10.0 Å². The van der Waals surface area contributed by atoms with Gasteiger partial charge in [0.2, 0.25) is 10.0 Å². The van der Waals surface area contributed by atoms with Crippen LogP contribution in [0.3, 0.4) is 0 Å². The summed E-state index contributed by atoms with van der Waals surface area (Å²) >= 11 is 0.